The Morgan fingerprint density at radius 3 is 2.71 bits per heavy atom. The number of fused-ring (bicyclic) bond motifs is 1. The number of hydrogen-bond acceptors (Lipinski definition) is 2. The third-order valence-corrected chi connectivity index (χ3v) is 3.49. The predicted octanol–water partition coefficient (Wildman–Crippen LogP) is 3.92. The summed E-state index contributed by atoms with van der Waals surface area (Å²) in [6.07, 6.45) is 3.86. The lowest BCUT2D eigenvalue weighted by molar-refractivity contribution is 0.112. The molecule has 0 aliphatic heterocycles. The average Bonchev–Trinajstić information content (AvgIpc) is 2.95. The molecule has 3 nitrogen and oxygen atoms in total. The van der Waals surface area contributed by atoms with Crippen LogP contribution < -0.4 is 4.74 Å². The maximum atomic E-state index is 10.9. The summed E-state index contributed by atoms with van der Waals surface area (Å²) in [7, 11) is 0. The lowest BCUT2D eigenvalue weighted by atomic mass is 10.2. The zero-order valence-corrected chi connectivity index (χ0v) is 11.7. The summed E-state index contributed by atoms with van der Waals surface area (Å²) in [6, 6.07) is 17.7. The van der Waals surface area contributed by atoms with Crippen LogP contribution in [0.25, 0.3) is 10.9 Å². The first-order valence-electron chi connectivity index (χ1n) is 7.09. The minimum Gasteiger partial charge on any atom is -0.494 e. The molecule has 3 heteroatoms. The SMILES string of the molecule is O=Cc1ccc2ccn(CCCOc3ccccc3)c2c1. The summed E-state index contributed by atoms with van der Waals surface area (Å²) >= 11 is 0. The second-order valence-electron chi connectivity index (χ2n) is 4.96. The standard InChI is InChI=1S/C18H17NO2/c20-14-15-7-8-16-9-11-19(18(16)13-15)10-4-12-21-17-5-2-1-3-6-17/h1-3,5-9,11,13-14H,4,10,12H2. The van der Waals surface area contributed by atoms with Crippen molar-refractivity contribution in [1.29, 1.82) is 0 Å². The number of carbonyl (C=O) groups is 1. The van der Waals surface area contributed by atoms with E-state index in [1.54, 1.807) is 0 Å². The number of aromatic nitrogens is 1. The predicted molar refractivity (Wildman–Crippen MR) is 83.9 cm³/mol. The van der Waals surface area contributed by atoms with Crippen LogP contribution >= 0.6 is 0 Å². The fourth-order valence-corrected chi connectivity index (χ4v) is 2.41. The molecule has 0 N–H and O–H groups in total. The Balaban J connectivity index is 1.61. The lowest BCUT2D eigenvalue weighted by Crippen LogP contribution is -2.03. The fourth-order valence-electron chi connectivity index (χ4n) is 2.41. The number of aldehydes is 1. The number of hydrogen-bond donors (Lipinski definition) is 0. The molecule has 0 amide bonds. The number of benzene rings is 2. The largest absolute Gasteiger partial charge is 0.494 e. The molecule has 3 rings (SSSR count). The zero-order chi connectivity index (χ0) is 14.5. The summed E-state index contributed by atoms with van der Waals surface area (Å²) in [5.41, 5.74) is 1.81. The Morgan fingerprint density at radius 2 is 1.90 bits per heavy atom. The van der Waals surface area contributed by atoms with Gasteiger partial charge in [0.05, 0.1) is 6.61 Å². The Bertz CT molecular complexity index is 731. The maximum absolute atomic E-state index is 10.9. The van der Waals surface area contributed by atoms with Crippen LogP contribution in [-0.4, -0.2) is 17.5 Å². The minimum atomic E-state index is 0.678. The minimum absolute atomic E-state index is 0.678. The fraction of sp³-hybridized carbons (Fsp3) is 0.167. The highest BCUT2D eigenvalue weighted by Gasteiger charge is 2.02. The van der Waals surface area contributed by atoms with Gasteiger partial charge >= 0.3 is 0 Å². The van der Waals surface area contributed by atoms with E-state index in [4.69, 9.17) is 4.74 Å². The normalized spacial score (nSPS) is 10.7. The van der Waals surface area contributed by atoms with Crippen molar-refractivity contribution in [2.75, 3.05) is 6.61 Å². The highest BCUT2D eigenvalue weighted by atomic mass is 16.5. The molecule has 0 aliphatic carbocycles. The van der Waals surface area contributed by atoms with E-state index in [1.807, 2.05) is 48.5 Å². The van der Waals surface area contributed by atoms with Gasteiger partial charge in [0, 0.05) is 23.8 Å². The van der Waals surface area contributed by atoms with E-state index in [1.165, 1.54) is 0 Å². The van der Waals surface area contributed by atoms with Crippen molar-refractivity contribution in [1.82, 2.24) is 4.57 Å². The van der Waals surface area contributed by atoms with E-state index in [-0.39, 0.29) is 0 Å². The molecule has 0 saturated heterocycles. The molecule has 0 aliphatic rings. The van der Waals surface area contributed by atoms with Crippen molar-refractivity contribution >= 4 is 17.2 Å². The van der Waals surface area contributed by atoms with Crippen molar-refractivity contribution < 1.29 is 9.53 Å². The maximum Gasteiger partial charge on any atom is 0.150 e. The smallest absolute Gasteiger partial charge is 0.150 e. The third-order valence-electron chi connectivity index (χ3n) is 3.49. The topological polar surface area (TPSA) is 31.2 Å². The van der Waals surface area contributed by atoms with Crippen molar-refractivity contribution in [2.24, 2.45) is 0 Å². The van der Waals surface area contributed by atoms with Crippen LogP contribution in [0.15, 0.2) is 60.8 Å². The van der Waals surface area contributed by atoms with Crippen LogP contribution in [0.3, 0.4) is 0 Å². The molecular weight excluding hydrogens is 262 g/mol. The van der Waals surface area contributed by atoms with Crippen molar-refractivity contribution in [3.63, 3.8) is 0 Å². The number of nitrogens with zero attached hydrogens (tertiary/aromatic N) is 1. The van der Waals surface area contributed by atoms with Crippen LogP contribution in [0.2, 0.25) is 0 Å². The summed E-state index contributed by atoms with van der Waals surface area (Å²) < 4.78 is 7.86. The summed E-state index contributed by atoms with van der Waals surface area (Å²) in [4.78, 5) is 10.9. The van der Waals surface area contributed by atoms with Gasteiger partial charge in [0.25, 0.3) is 0 Å². The molecule has 0 atom stereocenters. The Labute approximate surface area is 123 Å². The van der Waals surface area contributed by atoms with Crippen molar-refractivity contribution in [3.05, 3.63) is 66.4 Å². The van der Waals surface area contributed by atoms with E-state index in [0.29, 0.717) is 12.2 Å². The Kier molecular flexibility index (Phi) is 4.01. The second kappa shape index (κ2) is 6.27. The van der Waals surface area contributed by atoms with Gasteiger partial charge in [-0.2, -0.15) is 0 Å². The quantitative estimate of drug-likeness (QED) is 0.506. The number of para-hydroxylation sites is 1. The van der Waals surface area contributed by atoms with Gasteiger partial charge in [0.1, 0.15) is 12.0 Å². The number of ether oxygens (including phenoxy) is 1. The van der Waals surface area contributed by atoms with Gasteiger partial charge in [0.2, 0.25) is 0 Å². The number of carbonyl (C=O) groups excluding carboxylic acids is 1. The molecule has 0 unspecified atom stereocenters. The first kappa shape index (κ1) is 13.4. The van der Waals surface area contributed by atoms with E-state index in [2.05, 4.69) is 16.8 Å². The Morgan fingerprint density at radius 1 is 1.05 bits per heavy atom. The summed E-state index contributed by atoms with van der Waals surface area (Å²) in [6.45, 7) is 1.55. The summed E-state index contributed by atoms with van der Waals surface area (Å²) in [5.74, 6) is 0.901. The molecule has 0 radical (unpaired) electrons. The second-order valence-corrected chi connectivity index (χ2v) is 4.96. The van der Waals surface area contributed by atoms with Gasteiger partial charge < -0.3 is 9.30 Å². The van der Waals surface area contributed by atoms with E-state index < -0.39 is 0 Å². The van der Waals surface area contributed by atoms with Gasteiger partial charge in [0.15, 0.2) is 0 Å². The molecule has 3 aromatic rings. The van der Waals surface area contributed by atoms with Gasteiger partial charge in [-0.15, -0.1) is 0 Å². The van der Waals surface area contributed by atoms with Crippen LogP contribution in [-0.2, 0) is 6.54 Å². The monoisotopic (exact) mass is 279 g/mol. The van der Waals surface area contributed by atoms with Crippen LogP contribution in [0, 0.1) is 0 Å². The first-order valence-corrected chi connectivity index (χ1v) is 7.09. The van der Waals surface area contributed by atoms with Gasteiger partial charge in [-0.05, 0) is 36.1 Å². The van der Waals surface area contributed by atoms with E-state index >= 15 is 0 Å². The van der Waals surface area contributed by atoms with E-state index in [9.17, 15) is 4.79 Å². The van der Waals surface area contributed by atoms with Crippen molar-refractivity contribution in [2.45, 2.75) is 13.0 Å². The molecule has 0 saturated carbocycles. The van der Waals surface area contributed by atoms with Crippen molar-refractivity contribution in [3.8, 4) is 5.75 Å². The molecule has 106 valence electrons. The zero-order valence-electron chi connectivity index (χ0n) is 11.7. The van der Waals surface area contributed by atoms with E-state index in [0.717, 1.165) is 35.9 Å². The molecule has 21 heavy (non-hydrogen) atoms. The summed E-state index contributed by atoms with van der Waals surface area (Å²) in [5, 5.41) is 1.16. The highest BCUT2D eigenvalue weighted by molar-refractivity contribution is 5.87. The van der Waals surface area contributed by atoms with Crippen LogP contribution in [0.4, 0.5) is 0 Å². The molecule has 1 heterocycles. The molecule has 0 bridgehead atoms. The number of aryl methyl sites for hydroxylation is 1. The van der Waals surface area contributed by atoms with Crippen LogP contribution in [0.1, 0.15) is 16.8 Å². The Hall–Kier alpha value is -2.55. The number of rotatable bonds is 6. The van der Waals surface area contributed by atoms with Gasteiger partial charge in [-0.25, -0.2) is 0 Å². The average molecular weight is 279 g/mol. The first-order chi connectivity index (χ1) is 10.4. The highest BCUT2D eigenvalue weighted by Crippen LogP contribution is 2.17. The van der Waals surface area contributed by atoms with Gasteiger partial charge in [-0.3, -0.25) is 4.79 Å². The molecule has 0 fully saturated rings. The molecule has 2 aromatic carbocycles. The third kappa shape index (κ3) is 3.14. The van der Waals surface area contributed by atoms with Crippen LogP contribution in [0.5, 0.6) is 5.75 Å². The molecular formula is C18H17NO2. The molecule has 0 spiro atoms. The lowest BCUT2D eigenvalue weighted by Gasteiger charge is -2.08. The molecule has 1 aromatic heterocycles. The van der Waals surface area contributed by atoms with Gasteiger partial charge in [-0.1, -0.05) is 30.3 Å².